The van der Waals surface area contributed by atoms with Crippen LogP contribution in [0.2, 0.25) is 0 Å². The van der Waals surface area contributed by atoms with Gasteiger partial charge in [0, 0.05) is 0 Å². The molecule has 0 bridgehead atoms. The maximum absolute atomic E-state index is 10.4. The van der Waals surface area contributed by atoms with Gasteiger partial charge in [0.15, 0.2) is 0 Å². The molecule has 2 aromatic rings. The van der Waals surface area contributed by atoms with E-state index in [2.05, 4.69) is 26.8 Å². The summed E-state index contributed by atoms with van der Waals surface area (Å²) in [4.78, 5) is 0. The largest absolute Gasteiger partial charge is 0.508 e. The lowest BCUT2D eigenvalue weighted by atomic mass is 9.59. The Hall–Kier alpha value is -1.96. The van der Waals surface area contributed by atoms with Crippen LogP contribution in [0.5, 0.6) is 11.5 Å². The lowest BCUT2D eigenvalue weighted by Gasteiger charge is -2.45. The topological polar surface area (TPSA) is 40.5 Å². The molecule has 2 heteroatoms. The van der Waals surface area contributed by atoms with E-state index >= 15 is 0 Å². The molecule has 0 aliphatic heterocycles. The Balaban J connectivity index is 2.01. The maximum Gasteiger partial charge on any atom is 0.119 e. The maximum atomic E-state index is 10.4. The first-order valence-electron chi connectivity index (χ1n) is 8.99. The van der Waals surface area contributed by atoms with Crippen LogP contribution < -0.4 is 0 Å². The van der Waals surface area contributed by atoms with Gasteiger partial charge in [-0.25, -0.2) is 0 Å². The summed E-state index contributed by atoms with van der Waals surface area (Å²) in [6.45, 7) is 6.81. The number of phenolic OH excluding ortho intramolecular Hbond substituents is 2. The molecule has 3 unspecified atom stereocenters. The average molecular weight is 324 g/mol. The number of aromatic hydroxyl groups is 2. The van der Waals surface area contributed by atoms with Crippen molar-refractivity contribution in [2.45, 2.75) is 51.4 Å². The second-order valence-corrected chi connectivity index (χ2v) is 7.89. The lowest BCUT2D eigenvalue weighted by Crippen LogP contribution is -2.35. The standard InChI is InChI=1S/C22H28O2/c1-15(2)16-12-13-22(3,19-9-5-7-11-21(19)24)14-18(16)17-8-4-6-10-20(17)23/h4-11,15-16,18,23-24H,12-14H2,1-3H3. The molecule has 1 saturated carbocycles. The minimum atomic E-state index is -0.0658. The molecule has 0 amide bonds. The van der Waals surface area contributed by atoms with E-state index < -0.39 is 0 Å². The van der Waals surface area contributed by atoms with E-state index in [9.17, 15) is 10.2 Å². The number of hydrogen-bond acceptors (Lipinski definition) is 2. The molecule has 1 aliphatic rings. The number of para-hydroxylation sites is 2. The Bertz CT molecular complexity index is 707. The van der Waals surface area contributed by atoms with Crippen molar-refractivity contribution in [3.05, 3.63) is 59.7 Å². The highest BCUT2D eigenvalue weighted by Crippen LogP contribution is 2.53. The summed E-state index contributed by atoms with van der Waals surface area (Å²) >= 11 is 0. The quantitative estimate of drug-likeness (QED) is 0.772. The minimum absolute atomic E-state index is 0.0658. The molecule has 2 nitrogen and oxygen atoms in total. The average Bonchev–Trinajstić information content (AvgIpc) is 2.55. The third-order valence-corrected chi connectivity index (χ3v) is 5.96. The monoisotopic (exact) mass is 324 g/mol. The van der Waals surface area contributed by atoms with Gasteiger partial charge in [0.1, 0.15) is 11.5 Å². The minimum Gasteiger partial charge on any atom is -0.508 e. The summed E-state index contributed by atoms with van der Waals surface area (Å²) in [5.74, 6) is 2.22. The predicted octanol–water partition coefficient (Wildman–Crippen LogP) is 5.60. The highest BCUT2D eigenvalue weighted by molar-refractivity contribution is 5.41. The molecule has 1 fully saturated rings. The van der Waals surface area contributed by atoms with Crippen LogP contribution >= 0.6 is 0 Å². The van der Waals surface area contributed by atoms with E-state index in [1.54, 1.807) is 12.1 Å². The van der Waals surface area contributed by atoms with Crippen LogP contribution in [0.1, 0.15) is 57.1 Å². The van der Waals surface area contributed by atoms with Crippen LogP contribution in [0.3, 0.4) is 0 Å². The first kappa shape index (κ1) is 16.9. The van der Waals surface area contributed by atoms with Crippen molar-refractivity contribution >= 4 is 0 Å². The normalized spacial score (nSPS) is 27.3. The van der Waals surface area contributed by atoms with Crippen LogP contribution in [0.15, 0.2) is 48.5 Å². The van der Waals surface area contributed by atoms with Gasteiger partial charge in [-0.1, -0.05) is 57.2 Å². The molecule has 0 saturated heterocycles. The van der Waals surface area contributed by atoms with Crippen LogP contribution in [0.25, 0.3) is 0 Å². The first-order chi connectivity index (χ1) is 11.4. The Morgan fingerprint density at radius 1 is 0.958 bits per heavy atom. The summed E-state index contributed by atoms with van der Waals surface area (Å²) in [7, 11) is 0. The third kappa shape index (κ3) is 3.02. The second kappa shape index (κ2) is 6.51. The summed E-state index contributed by atoms with van der Waals surface area (Å²) in [5.41, 5.74) is 2.02. The summed E-state index contributed by atoms with van der Waals surface area (Å²) in [6, 6.07) is 15.5. The molecule has 3 atom stereocenters. The van der Waals surface area contributed by atoms with Crippen LogP contribution in [-0.4, -0.2) is 10.2 Å². The van der Waals surface area contributed by atoms with Gasteiger partial charge in [-0.2, -0.15) is 0 Å². The molecule has 0 spiro atoms. The van der Waals surface area contributed by atoms with Gasteiger partial charge in [-0.15, -0.1) is 0 Å². The molecule has 128 valence electrons. The van der Waals surface area contributed by atoms with Crippen molar-refractivity contribution < 1.29 is 10.2 Å². The van der Waals surface area contributed by atoms with Crippen LogP contribution in [0.4, 0.5) is 0 Å². The number of hydrogen-bond donors (Lipinski definition) is 2. The van der Waals surface area contributed by atoms with Crippen LogP contribution in [-0.2, 0) is 5.41 Å². The fourth-order valence-electron chi connectivity index (χ4n) is 4.59. The van der Waals surface area contributed by atoms with Gasteiger partial charge < -0.3 is 10.2 Å². The summed E-state index contributed by atoms with van der Waals surface area (Å²) in [6.07, 6.45) is 3.13. The second-order valence-electron chi connectivity index (χ2n) is 7.89. The molecule has 0 aromatic heterocycles. The molecule has 1 aliphatic carbocycles. The Kier molecular flexibility index (Phi) is 4.58. The molecule has 0 radical (unpaired) electrons. The number of benzene rings is 2. The zero-order chi connectivity index (χ0) is 17.3. The third-order valence-electron chi connectivity index (χ3n) is 5.96. The van der Waals surface area contributed by atoms with Crippen molar-refractivity contribution in [1.29, 1.82) is 0 Å². The molecule has 2 N–H and O–H groups in total. The Labute approximate surface area is 145 Å². The van der Waals surface area contributed by atoms with Crippen molar-refractivity contribution in [3.8, 4) is 11.5 Å². The molecule has 2 aromatic carbocycles. The zero-order valence-electron chi connectivity index (χ0n) is 14.9. The first-order valence-corrected chi connectivity index (χ1v) is 8.99. The van der Waals surface area contributed by atoms with Crippen LogP contribution in [0, 0.1) is 11.8 Å². The highest BCUT2D eigenvalue weighted by atomic mass is 16.3. The molecule has 0 heterocycles. The van der Waals surface area contributed by atoms with Gasteiger partial charge in [-0.05, 0) is 65.7 Å². The van der Waals surface area contributed by atoms with E-state index in [1.807, 2.05) is 30.3 Å². The summed E-state index contributed by atoms with van der Waals surface area (Å²) < 4.78 is 0. The fourth-order valence-corrected chi connectivity index (χ4v) is 4.59. The molecule has 24 heavy (non-hydrogen) atoms. The van der Waals surface area contributed by atoms with E-state index in [-0.39, 0.29) is 5.41 Å². The van der Waals surface area contributed by atoms with Crippen molar-refractivity contribution in [2.24, 2.45) is 11.8 Å². The Morgan fingerprint density at radius 3 is 2.21 bits per heavy atom. The Morgan fingerprint density at radius 2 is 1.58 bits per heavy atom. The van der Waals surface area contributed by atoms with Gasteiger partial charge in [-0.3, -0.25) is 0 Å². The van der Waals surface area contributed by atoms with E-state index in [1.165, 1.54) is 0 Å². The van der Waals surface area contributed by atoms with E-state index in [0.29, 0.717) is 29.3 Å². The highest BCUT2D eigenvalue weighted by Gasteiger charge is 2.42. The lowest BCUT2D eigenvalue weighted by molar-refractivity contribution is 0.166. The van der Waals surface area contributed by atoms with Gasteiger partial charge in [0.05, 0.1) is 0 Å². The SMILES string of the molecule is CC(C)C1CCC(C)(c2ccccc2O)CC1c1ccccc1O. The predicted molar refractivity (Wildman–Crippen MR) is 98.5 cm³/mol. The van der Waals surface area contributed by atoms with E-state index in [0.717, 1.165) is 30.4 Å². The van der Waals surface area contributed by atoms with E-state index in [4.69, 9.17) is 0 Å². The molecular weight excluding hydrogens is 296 g/mol. The van der Waals surface area contributed by atoms with Gasteiger partial charge in [0.2, 0.25) is 0 Å². The zero-order valence-corrected chi connectivity index (χ0v) is 14.9. The fraction of sp³-hybridized carbons (Fsp3) is 0.455. The summed E-state index contributed by atoms with van der Waals surface area (Å²) in [5, 5.41) is 20.8. The van der Waals surface area contributed by atoms with Crippen molar-refractivity contribution in [3.63, 3.8) is 0 Å². The van der Waals surface area contributed by atoms with Gasteiger partial charge in [0.25, 0.3) is 0 Å². The number of phenols is 2. The van der Waals surface area contributed by atoms with Crippen molar-refractivity contribution in [2.75, 3.05) is 0 Å². The number of rotatable bonds is 3. The van der Waals surface area contributed by atoms with Gasteiger partial charge >= 0.3 is 0 Å². The molecule has 3 rings (SSSR count). The smallest absolute Gasteiger partial charge is 0.119 e. The van der Waals surface area contributed by atoms with Crippen molar-refractivity contribution in [1.82, 2.24) is 0 Å². The molecular formula is C22H28O2.